The van der Waals surface area contributed by atoms with Gasteiger partial charge < -0.3 is 29.6 Å². The van der Waals surface area contributed by atoms with Crippen molar-refractivity contribution in [2.75, 3.05) is 27.3 Å². The quantitative estimate of drug-likeness (QED) is 0.160. The van der Waals surface area contributed by atoms with Crippen LogP contribution in [-0.2, 0) is 23.9 Å². The number of rotatable bonds is 12. The number of benzene rings is 1. The molecule has 2 fully saturated rings. The Morgan fingerprint density at radius 3 is 2.25 bits per heavy atom. The molecule has 0 unspecified atom stereocenters. The van der Waals surface area contributed by atoms with E-state index in [1.54, 1.807) is 12.4 Å². The summed E-state index contributed by atoms with van der Waals surface area (Å²) in [5, 5.41) is 3.12. The summed E-state index contributed by atoms with van der Waals surface area (Å²) in [5.74, 6) is 12.6. The zero-order valence-electron chi connectivity index (χ0n) is 31.5. The van der Waals surface area contributed by atoms with Crippen LogP contribution in [0.4, 0.5) is 0 Å². The second-order valence-corrected chi connectivity index (χ2v) is 14.2. The van der Waals surface area contributed by atoms with Gasteiger partial charge in [-0.15, -0.1) is 12.4 Å². The third-order valence-corrected chi connectivity index (χ3v) is 10.0. The number of ether oxygens (including phenoxy) is 2. The van der Waals surface area contributed by atoms with Crippen LogP contribution < -0.4 is 5.32 Å². The Morgan fingerprint density at radius 1 is 0.943 bits per heavy atom. The van der Waals surface area contributed by atoms with E-state index < -0.39 is 12.0 Å². The van der Waals surface area contributed by atoms with Gasteiger partial charge in [0.2, 0.25) is 11.8 Å². The lowest BCUT2D eigenvalue weighted by Gasteiger charge is -2.31. The molecular weight excluding hydrogens is 692 g/mol. The van der Waals surface area contributed by atoms with Gasteiger partial charge >= 0.3 is 5.97 Å². The second kappa shape index (κ2) is 18.7. The molecule has 2 aromatic rings. The smallest absolute Gasteiger partial charge is 0.306 e. The Balaban J connectivity index is 0.00000627. The zero-order valence-corrected chi connectivity index (χ0v) is 32.3. The molecule has 11 nitrogen and oxygen atoms in total. The van der Waals surface area contributed by atoms with Crippen LogP contribution in [0.2, 0.25) is 0 Å². The summed E-state index contributed by atoms with van der Waals surface area (Å²) in [5.41, 5.74) is 4.48. The Morgan fingerprint density at radius 2 is 1.60 bits per heavy atom. The van der Waals surface area contributed by atoms with Gasteiger partial charge in [-0.1, -0.05) is 51.7 Å². The first-order chi connectivity index (χ1) is 25.0. The minimum Gasteiger partial charge on any atom is -0.483 e. The molecule has 0 radical (unpaired) electrons. The lowest BCUT2D eigenvalue weighted by molar-refractivity contribution is -0.148. The molecule has 0 saturated carbocycles. The van der Waals surface area contributed by atoms with Gasteiger partial charge in [-0.25, -0.2) is 4.98 Å². The number of halogens is 1. The van der Waals surface area contributed by atoms with Crippen LogP contribution >= 0.6 is 12.4 Å². The van der Waals surface area contributed by atoms with Crippen molar-refractivity contribution in [3.8, 4) is 34.9 Å². The molecule has 3 aliphatic rings. The molecule has 2 amide bonds. The molecule has 282 valence electrons. The Kier molecular flexibility index (Phi) is 14.4. The maximum Gasteiger partial charge on any atom is 0.306 e. The van der Waals surface area contributed by atoms with E-state index in [9.17, 15) is 14.4 Å². The minimum absolute atomic E-state index is 0. The number of imidazole rings is 1. The van der Waals surface area contributed by atoms with Gasteiger partial charge in [-0.3, -0.25) is 19.4 Å². The monoisotopic (exact) mass is 742 g/mol. The summed E-state index contributed by atoms with van der Waals surface area (Å²) >= 11 is 0. The number of carbonyl (C=O) groups excluding carboxylic acids is 3. The lowest BCUT2D eigenvalue weighted by Crippen LogP contribution is -2.52. The summed E-state index contributed by atoms with van der Waals surface area (Å²) < 4.78 is 10.0. The number of hydrogen-bond donors (Lipinski definition) is 2. The summed E-state index contributed by atoms with van der Waals surface area (Å²) in [7, 11) is 2.88. The average molecular weight is 743 g/mol. The molecule has 53 heavy (non-hydrogen) atoms. The fourth-order valence-corrected chi connectivity index (χ4v) is 7.03. The Labute approximate surface area is 319 Å². The molecule has 1 aromatic heterocycles. The number of nitrogens with one attached hydrogen (secondary N) is 2. The zero-order chi connectivity index (χ0) is 37.4. The van der Waals surface area contributed by atoms with Gasteiger partial charge in [0.05, 0.1) is 50.5 Å². The maximum absolute atomic E-state index is 13.5. The van der Waals surface area contributed by atoms with Crippen molar-refractivity contribution >= 4 is 35.9 Å². The number of carbonyl (C=O) groups is 3. The first-order valence-electron chi connectivity index (χ1n) is 18.1. The van der Waals surface area contributed by atoms with E-state index in [0.717, 1.165) is 59.6 Å². The number of aromatic nitrogens is 2. The van der Waals surface area contributed by atoms with Crippen LogP contribution in [0.25, 0.3) is 11.3 Å². The molecule has 0 spiro atoms. The molecule has 4 heterocycles. The van der Waals surface area contributed by atoms with Crippen molar-refractivity contribution in [2.45, 2.75) is 84.3 Å². The number of hydrogen-bond acceptors (Lipinski definition) is 8. The first-order valence-corrected chi connectivity index (χ1v) is 18.1. The van der Waals surface area contributed by atoms with Crippen molar-refractivity contribution in [3.63, 3.8) is 0 Å². The summed E-state index contributed by atoms with van der Waals surface area (Å²) in [6.45, 7) is 13.1. The fourth-order valence-electron chi connectivity index (χ4n) is 7.03. The van der Waals surface area contributed by atoms with Crippen LogP contribution in [0.3, 0.4) is 0 Å². The topological polar surface area (TPSA) is 129 Å². The van der Waals surface area contributed by atoms with E-state index in [0.29, 0.717) is 25.4 Å². The second-order valence-electron chi connectivity index (χ2n) is 14.2. The highest BCUT2D eigenvalue weighted by Gasteiger charge is 2.39. The molecule has 12 heteroatoms. The van der Waals surface area contributed by atoms with E-state index in [2.05, 4.69) is 50.5 Å². The SMILES string of the molecule is C=C(N[C@H](C(=O)N1CCC[C@H]1C1=NC=C(C#CC#Cc2ccc(-c3cnc([C@@H]4CCCN4C(=O)[C@@H](CC(=O)OC)C(C)C)[nH]3)cc2)C1)C(C)C)OC.Cl. The molecule has 2 saturated heterocycles. The van der Waals surface area contributed by atoms with Gasteiger partial charge in [-0.2, -0.15) is 0 Å². The van der Waals surface area contributed by atoms with Crippen LogP contribution in [0.15, 0.2) is 59.7 Å². The van der Waals surface area contributed by atoms with E-state index in [1.165, 1.54) is 14.2 Å². The molecule has 3 aliphatic heterocycles. The fraction of sp³-hybridized carbons (Fsp3) is 0.488. The van der Waals surface area contributed by atoms with Crippen molar-refractivity contribution in [3.05, 3.63) is 66.1 Å². The number of likely N-dealkylation sites (tertiary alicyclic amines) is 2. The number of aliphatic imine (C=N–C) groups is 1. The number of aromatic amines is 1. The highest BCUT2D eigenvalue weighted by Crippen LogP contribution is 2.34. The van der Waals surface area contributed by atoms with Gasteiger partial charge in [0.15, 0.2) is 5.88 Å². The van der Waals surface area contributed by atoms with Gasteiger partial charge in [0, 0.05) is 42.6 Å². The van der Waals surface area contributed by atoms with Gasteiger partial charge in [0.25, 0.3) is 0 Å². The number of esters is 1. The number of methoxy groups -OCH3 is 2. The van der Waals surface area contributed by atoms with E-state index in [1.807, 2.05) is 61.8 Å². The predicted molar refractivity (Wildman–Crippen MR) is 207 cm³/mol. The van der Waals surface area contributed by atoms with Gasteiger partial charge in [-0.05, 0) is 73.6 Å². The number of H-pyrrole nitrogens is 1. The van der Waals surface area contributed by atoms with E-state index in [-0.39, 0.29) is 60.5 Å². The highest BCUT2D eigenvalue weighted by molar-refractivity contribution is 5.98. The standard InChI is InChI=1S/C41H50N6O5.ClH/c1-26(2)32(23-37(48)52-7)40(49)47-21-11-15-36(47)39-43-25-34(45-39)31-18-16-29(17-19-31)12-8-9-13-30-22-33(42-24-30)35-14-10-20-46(35)41(50)38(27(3)4)44-28(5)51-6;/h16-19,24-27,32,35-36,38,44H,5,10-11,14-15,20-23H2,1-4,6-7H3,(H,43,45);1H/t32-,35-,36-,38-;/m0./s1. The van der Waals surface area contributed by atoms with Crippen LogP contribution in [-0.4, -0.2) is 82.7 Å². The average Bonchev–Trinajstić information content (AvgIpc) is 3.97. The maximum atomic E-state index is 13.5. The van der Waals surface area contributed by atoms with Crippen molar-refractivity contribution in [1.82, 2.24) is 25.1 Å². The summed E-state index contributed by atoms with van der Waals surface area (Å²) in [6.07, 6.45) is 7.74. The number of amides is 2. The lowest BCUT2D eigenvalue weighted by atomic mass is 9.91. The number of allylic oxidation sites excluding steroid dienone is 1. The Bertz CT molecular complexity index is 1840. The third kappa shape index (κ3) is 9.91. The number of nitrogens with zero attached hydrogens (tertiary/aromatic N) is 4. The van der Waals surface area contributed by atoms with Crippen LogP contribution in [0.1, 0.15) is 83.6 Å². The van der Waals surface area contributed by atoms with Crippen LogP contribution in [0, 0.1) is 41.4 Å². The van der Waals surface area contributed by atoms with Crippen molar-refractivity contribution in [1.29, 1.82) is 0 Å². The first kappa shape index (κ1) is 40.8. The molecular formula is C41H51ClN6O5. The summed E-state index contributed by atoms with van der Waals surface area (Å²) in [6, 6.07) is 7.21. The molecule has 2 N–H and O–H groups in total. The van der Waals surface area contributed by atoms with E-state index in [4.69, 9.17) is 9.47 Å². The van der Waals surface area contributed by atoms with Crippen LogP contribution in [0.5, 0.6) is 0 Å². The molecule has 0 aliphatic carbocycles. The normalized spacial score (nSPS) is 18.9. The molecule has 1 aromatic carbocycles. The Hall–Kier alpha value is -5.00. The third-order valence-electron chi connectivity index (χ3n) is 10.0. The van der Waals surface area contributed by atoms with E-state index >= 15 is 0 Å². The van der Waals surface area contributed by atoms with Crippen molar-refractivity contribution in [2.24, 2.45) is 22.7 Å². The molecule has 4 atom stereocenters. The summed E-state index contributed by atoms with van der Waals surface area (Å²) in [4.78, 5) is 55.6. The molecule has 0 bridgehead atoms. The largest absolute Gasteiger partial charge is 0.483 e. The van der Waals surface area contributed by atoms with Crippen molar-refractivity contribution < 1.29 is 23.9 Å². The minimum atomic E-state index is -0.435. The highest BCUT2D eigenvalue weighted by atomic mass is 35.5. The van der Waals surface area contributed by atoms with Gasteiger partial charge in [0.1, 0.15) is 11.9 Å². The molecule has 5 rings (SSSR count). The predicted octanol–water partition coefficient (Wildman–Crippen LogP) is 5.80.